The highest BCUT2D eigenvalue weighted by Gasteiger charge is 2.34. The Bertz CT molecular complexity index is 493. The van der Waals surface area contributed by atoms with Crippen molar-refractivity contribution in [2.45, 2.75) is 18.8 Å². The molecule has 1 aromatic carbocycles. The van der Waals surface area contributed by atoms with Gasteiger partial charge >= 0.3 is 12.3 Å². The van der Waals surface area contributed by atoms with Crippen LogP contribution in [0.5, 0.6) is 0 Å². The van der Waals surface area contributed by atoms with Gasteiger partial charge in [0.15, 0.2) is 0 Å². The molecule has 0 saturated carbocycles. The minimum absolute atomic E-state index is 0.273. The van der Waals surface area contributed by atoms with Gasteiger partial charge in [-0.1, -0.05) is 12.1 Å². The van der Waals surface area contributed by atoms with Crippen molar-refractivity contribution in [3.05, 3.63) is 50.1 Å². The lowest BCUT2D eigenvalue weighted by Gasteiger charge is -2.13. The minimum atomic E-state index is -4.57. The average Bonchev–Trinajstić information content (AvgIpc) is 2.33. The van der Waals surface area contributed by atoms with Crippen molar-refractivity contribution in [3.8, 4) is 0 Å². The van der Waals surface area contributed by atoms with Gasteiger partial charge in [0.25, 0.3) is 0 Å². The molecule has 0 amide bonds. The molecular weight excluding hydrogens is 283 g/mol. The van der Waals surface area contributed by atoms with Crippen LogP contribution >= 0.6 is 0 Å². The van der Waals surface area contributed by atoms with Gasteiger partial charge in [-0.3, -0.25) is 20.2 Å². The zero-order chi connectivity index (χ0) is 15.3. The Hall–Kier alpha value is -2.39. The molecule has 0 unspecified atom stereocenters. The Kier molecular flexibility index (Phi) is 4.83. The van der Waals surface area contributed by atoms with Crippen LogP contribution in [0.25, 0.3) is 0 Å². The first-order valence-corrected chi connectivity index (χ1v) is 5.40. The lowest BCUT2D eigenvalue weighted by Crippen LogP contribution is -2.31. The number of alkyl halides is 3. The molecule has 1 rings (SSSR count). The smallest absolute Gasteiger partial charge is 0.384 e. The highest BCUT2D eigenvalue weighted by atomic mass is 19.4. The van der Waals surface area contributed by atoms with E-state index in [9.17, 15) is 33.4 Å². The summed E-state index contributed by atoms with van der Waals surface area (Å²) in [4.78, 5) is 18.6. The maximum atomic E-state index is 12.6. The van der Waals surface area contributed by atoms with Gasteiger partial charge in [-0.25, -0.2) is 0 Å². The molecule has 0 spiro atoms. The summed E-state index contributed by atoms with van der Waals surface area (Å²) < 4.78 is 37.9. The molecule has 1 aromatic rings. The third kappa shape index (κ3) is 4.07. The standard InChI is InChI=1S/C10H10F3N3O4/c11-10(12,13)7-3-1-2-4-8(7)14-6-5-9(15(17)18)16(19)20/h1-4,9,14H,5-6H2. The molecular formula is C10H10F3N3O4. The fraction of sp³-hybridized carbons (Fsp3) is 0.400. The molecule has 20 heavy (non-hydrogen) atoms. The molecule has 110 valence electrons. The molecule has 0 fully saturated rings. The number of hydrogen-bond donors (Lipinski definition) is 1. The summed E-state index contributed by atoms with van der Waals surface area (Å²) in [6, 6.07) is 4.55. The number of nitrogens with zero attached hydrogens (tertiary/aromatic N) is 2. The second kappa shape index (κ2) is 6.17. The summed E-state index contributed by atoms with van der Waals surface area (Å²) in [6.07, 6.45) is -7.14. The van der Waals surface area contributed by atoms with Crippen LogP contribution in [0.15, 0.2) is 24.3 Å². The third-order valence-electron chi connectivity index (χ3n) is 2.44. The molecule has 0 atom stereocenters. The summed E-state index contributed by atoms with van der Waals surface area (Å²) in [5.74, 6) is 0. The number of benzene rings is 1. The number of rotatable bonds is 6. The van der Waals surface area contributed by atoms with E-state index < -0.39 is 34.2 Å². The quantitative estimate of drug-likeness (QED) is 0.493. The number of nitro groups is 2. The largest absolute Gasteiger partial charge is 0.452 e. The first-order valence-electron chi connectivity index (χ1n) is 5.40. The van der Waals surface area contributed by atoms with Crippen LogP contribution in [-0.2, 0) is 6.18 Å². The van der Waals surface area contributed by atoms with Crippen LogP contribution < -0.4 is 5.32 Å². The lowest BCUT2D eigenvalue weighted by molar-refractivity contribution is -0.742. The summed E-state index contributed by atoms with van der Waals surface area (Å²) >= 11 is 0. The lowest BCUT2D eigenvalue weighted by atomic mass is 10.1. The number of hydrogen-bond acceptors (Lipinski definition) is 5. The molecule has 1 N–H and O–H groups in total. The highest BCUT2D eigenvalue weighted by Crippen LogP contribution is 2.34. The third-order valence-corrected chi connectivity index (χ3v) is 2.44. The van der Waals surface area contributed by atoms with Crippen molar-refractivity contribution < 1.29 is 23.0 Å². The van der Waals surface area contributed by atoms with E-state index in [0.29, 0.717) is 0 Å². The van der Waals surface area contributed by atoms with Gasteiger partial charge in [0.2, 0.25) is 0 Å². The number of halogens is 3. The maximum absolute atomic E-state index is 12.6. The molecule has 0 aromatic heterocycles. The van der Waals surface area contributed by atoms with Gasteiger partial charge in [0.1, 0.15) is 6.42 Å². The predicted molar refractivity (Wildman–Crippen MR) is 62.3 cm³/mol. The van der Waals surface area contributed by atoms with E-state index in [0.717, 1.165) is 12.1 Å². The predicted octanol–water partition coefficient (Wildman–Crippen LogP) is 2.39. The summed E-state index contributed by atoms with van der Waals surface area (Å²) in [7, 11) is 0. The van der Waals surface area contributed by atoms with E-state index in [1.165, 1.54) is 12.1 Å². The number of anilines is 1. The Labute approximate surface area is 110 Å². The molecule has 0 saturated heterocycles. The van der Waals surface area contributed by atoms with Crippen molar-refractivity contribution in [2.24, 2.45) is 0 Å². The Balaban J connectivity index is 2.72. The first-order chi connectivity index (χ1) is 9.23. The monoisotopic (exact) mass is 293 g/mol. The van der Waals surface area contributed by atoms with E-state index in [1.807, 2.05) is 0 Å². The van der Waals surface area contributed by atoms with Gasteiger partial charge in [-0.2, -0.15) is 13.2 Å². The average molecular weight is 293 g/mol. The molecule has 0 aliphatic heterocycles. The van der Waals surface area contributed by atoms with Crippen molar-refractivity contribution in [2.75, 3.05) is 11.9 Å². The van der Waals surface area contributed by atoms with E-state index >= 15 is 0 Å². The Morgan fingerprint density at radius 2 is 1.70 bits per heavy atom. The van der Waals surface area contributed by atoms with Crippen LogP contribution in [0.3, 0.4) is 0 Å². The fourth-order valence-electron chi connectivity index (χ4n) is 1.51. The molecule has 0 aliphatic carbocycles. The highest BCUT2D eigenvalue weighted by molar-refractivity contribution is 5.52. The van der Waals surface area contributed by atoms with Crippen molar-refractivity contribution in [1.82, 2.24) is 0 Å². The molecule has 0 heterocycles. The van der Waals surface area contributed by atoms with Gasteiger partial charge in [0.05, 0.1) is 15.4 Å². The topological polar surface area (TPSA) is 98.3 Å². The fourth-order valence-corrected chi connectivity index (χ4v) is 1.51. The van der Waals surface area contributed by atoms with Crippen molar-refractivity contribution in [3.63, 3.8) is 0 Å². The van der Waals surface area contributed by atoms with Gasteiger partial charge in [-0.05, 0) is 12.1 Å². The van der Waals surface area contributed by atoms with E-state index in [-0.39, 0.29) is 12.2 Å². The van der Waals surface area contributed by atoms with Crippen LogP contribution in [-0.4, -0.2) is 22.6 Å². The summed E-state index contributed by atoms with van der Waals surface area (Å²) in [5, 5.41) is 23.1. The second-order valence-electron chi connectivity index (χ2n) is 3.81. The Morgan fingerprint density at radius 1 is 1.15 bits per heavy atom. The summed E-state index contributed by atoms with van der Waals surface area (Å²) in [5.41, 5.74) is -1.20. The Morgan fingerprint density at radius 3 is 2.20 bits per heavy atom. The molecule has 10 heteroatoms. The number of nitrogens with one attached hydrogen (secondary N) is 1. The second-order valence-corrected chi connectivity index (χ2v) is 3.81. The van der Waals surface area contributed by atoms with Gasteiger partial charge < -0.3 is 5.32 Å². The van der Waals surface area contributed by atoms with E-state index in [4.69, 9.17) is 0 Å². The first kappa shape index (κ1) is 15.7. The van der Waals surface area contributed by atoms with Crippen molar-refractivity contribution >= 4 is 5.69 Å². The van der Waals surface area contributed by atoms with Crippen LogP contribution in [0, 0.1) is 20.2 Å². The van der Waals surface area contributed by atoms with E-state index in [1.54, 1.807) is 0 Å². The molecule has 0 aliphatic rings. The zero-order valence-corrected chi connectivity index (χ0v) is 9.96. The zero-order valence-electron chi connectivity index (χ0n) is 9.96. The minimum Gasteiger partial charge on any atom is -0.384 e. The maximum Gasteiger partial charge on any atom is 0.452 e. The number of para-hydroxylation sites is 1. The van der Waals surface area contributed by atoms with Gasteiger partial charge in [-0.15, -0.1) is 0 Å². The van der Waals surface area contributed by atoms with Crippen LogP contribution in [0.2, 0.25) is 0 Å². The van der Waals surface area contributed by atoms with Gasteiger partial charge in [0, 0.05) is 12.2 Å². The van der Waals surface area contributed by atoms with E-state index in [2.05, 4.69) is 5.32 Å². The molecule has 0 bridgehead atoms. The molecule has 7 nitrogen and oxygen atoms in total. The molecule has 0 radical (unpaired) electrons. The summed E-state index contributed by atoms with van der Waals surface area (Å²) in [6.45, 7) is -0.320. The van der Waals surface area contributed by atoms with Crippen LogP contribution in [0.4, 0.5) is 18.9 Å². The normalized spacial score (nSPS) is 11.4. The van der Waals surface area contributed by atoms with Crippen molar-refractivity contribution in [1.29, 1.82) is 0 Å². The SMILES string of the molecule is O=[N+]([O-])C(CCNc1ccccc1C(F)(F)F)[N+](=O)[O-]. The van der Waals surface area contributed by atoms with Crippen LogP contribution in [0.1, 0.15) is 12.0 Å².